The van der Waals surface area contributed by atoms with E-state index < -0.39 is 5.97 Å². The molecule has 2 rings (SSSR count). The molecule has 2 aromatic rings. The summed E-state index contributed by atoms with van der Waals surface area (Å²) in [6, 6.07) is 0. The maximum Gasteiger partial charge on any atom is 0.367 e. The van der Waals surface area contributed by atoms with Crippen molar-refractivity contribution in [2.75, 3.05) is 11.9 Å². The zero-order chi connectivity index (χ0) is 15.4. The lowest BCUT2D eigenvalue weighted by Gasteiger charge is -2.01. The van der Waals surface area contributed by atoms with Crippen LogP contribution in [0.3, 0.4) is 0 Å². The third-order valence-electron chi connectivity index (χ3n) is 2.68. The molecule has 112 valence electrons. The van der Waals surface area contributed by atoms with E-state index in [4.69, 9.17) is 4.74 Å². The van der Waals surface area contributed by atoms with Crippen LogP contribution < -0.4 is 5.32 Å². The highest BCUT2D eigenvalue weighted by molar-refractivity contribution is 7.11. The van der Waals surface area contributed by atoms with Crippen molar-refractivity contribution >= 4 is 28.9 Å². The number of hydrogen-bond donors (Lipinski definition) is 1. The number of nitrogens with one attached hydrogen (secondary N) is 1. The molecule has 21 heavy (non-hydrogen) atoms. The molecule has 0 aliphatic carbocycles. The van der Waals surface area contributed by atoms with E-state index in [-0.39, 0.29) is 23.2 Å². The third kappa shape index (κ3) is 3.46. The standard InChI is InChI=1S/C13H16N4O3S/c1-4-8-9(6-17(3)16-8)14-11(18)10-7-21-12(15-10)13(19)20-5-2/h6-7H,4-5H2,1-3H3,(H,14,18). The second-order valence-electron chi connectivity index (χ2n) is 4.23. The van der Waals surface area contributed by atoms with E-state index in [1.54, 1.807) is 24.9 Å². The van der Waals surface area contributed by atoms with Gasteiger partial charge in [0.25, 0.3) is 5.91 Å². The van der Waals surface area contributed by atoms with Crippen LogP contribution in [0.25, 0.3) is 0 Å². The van der Waals surface area contributed by atoms with Crippen molar-refractivity contribution in [3.63, 3.8) is 0 Å². The number of esters is 1. The van der Waals surface area contributed by atoms with Crippen LogP contribution in [0.2, 0.25) is 0 Å². The summed E-state index contributed by atoms with van der Waals surface area (Å²) < 4.78 is 6.48. The largest absolute Gasteiger partial charge is 0.461 e. The zero-order valence-corrected chi connectivity index (χ0v) is 12.9. The van der Waals surface area contributed by atoms with Gasteiger partial charge in [-0.1, -0.05) is 6.92 Å². The number of carbonyl (C=O) groups excluding carboxylic acids is 2. The lowest BCUT2D eigenvalue weighted by Crippen LogP contribution is -2.14. The smallest absolute Gasteiger partial charge is 0.367 e. The second-order valence-corrected chi connectivity index (χ2v) is 5.09. The van der Waals surface area contributed by atoms with Gasteiger partial charge in [0.2, 0.25) is 5.01 Å². The van der Waals surface area contributed by atoms with Crippen LogP contribution in [0.1, 0.15) is 39.8 Å². The Balaban J connectivity index is 2.12. The molecule has 0 fully saturated rings. The minimum Gasteiger partial charge on any atom is -0.461 e. The normalized spacial score (nSPS) is 10.4. The maximum atomic E-state index is 12.1. The Kier molecular flexibility index (Phi) is 4.69. The van der Waals surface area contributed by atoms with Gasteiger partial charge in [-0.2, -0.15) is 5.10 Å². The quantitative estimate of drug-likeness (QED) is 0.852. The van der Waals surface area contributed by atoms with Crippen LogP contribution in [-0.4, -0.2) is 33.2 Å². The molecule has 0 unspecified atom stereocenters. The van der Waals surface area contributed by atoms with E-state index >= 15 is 0 Å². The highest BCUT2D eigenvalue weighted by Crippen LogP contribution is 2.17. The Morgan fingerprint density at radius 3 is 2.86 bits per heavy atom. The lowest BCUT2D eigenvalue weighted by atomic mass is 10.3. The maximum absolute atomic E-state index is 12.1. The average molecular weight is 308 g/mol. The summed E-state index contributed by atoms with van der Waals surface area (Å²) in [5.41, 5.74) is 1.64. The van der Waals surface area contributed by atoms with Crippen molar-refractivity contribution in [1.82, 2.24) is 14.8 Å². The van der Waals surface area contributed by atoms with Crippen molar-refractivity contribution in [3.8, 4) is 0 Å². The lowest BCUT2D eigenvalue weighted by molar-refractivity contribution is 0.0526. The average Bonchev–Trinajstić information content (AvgIpc) is 3.05. The highest BCUT2D eigenvalue weighted by Gasteiger charge is 2.17. The first kappa shape index (κ1) is 15.2. The number of aromatic nitrogens is 3. The van der Waals surface area contributed by atoms with Gasteiger partial charge in [0.05, 0.1) is 18.0 Å². The van der Waals surface area contributed by atoms with Crippen LogP contribution in [-0.2, 0) is 18.2 Å². The van der Waals surface area contributed by atoms with Crippen LogP contribution in [0.4, 0.5) is 5.69 Å². The number of thiazole rings is 1. The van der Waals surface area contributed by atoms with Crippen LogP contribution in [0.5, 0.6) is 0 Å². The number of ether oxygens (including phenoxy) is 1. The van der Waals surface area contributed by atoms with Gasteiger partial charge < -0.3 is 10.1 Å². The summed E-state index contributed by atoms with van der Waals surface area (Å²) >= 11 is 1.08. The zero-order valence-electron chi connectivity index (χ0n) is 12.0. The van der Waals surface area contributed by atoms with Gasteiger partial charge in [-0.25, -0.2) is 9.78 Å². The summed E-state index contributed by atoms with van der Waals surface area (Å²) in [5.74, 6) is -0.887. The fourth-order valence-electron chi connectivity index (χ4n) is 1.75. The van der Waals surface area contributed by atoms with Gasteiger partial charge in [0, 0.05) is 18.6 Å². The molecule has 1 amide bonds. The fraction of sp³-hybridized carbons (Fsp3) is 0.385. The topological polar surface area (TPSA) is 86.1 Å². The van der Waals surface area contributed by atoms with Gasteiger partial charge in [-0.15, -0.1) is 11.3 Å². The van der Waals surface area contributed by atoms with E-state index in [1.165, 1.54) is 5.38 Å². The molecule has 0 spiro atoms. The predicted octanol–water partition coefficient (Wildman–Crippen LogP) is 1.87. The molecular weight excluding hydrogens is 292 g/mol. The Morgan fingerprint density at radius 2 is 2.19 bits per heavy atom. The number of carbonyl (C=O) groups is 2. The van der Waals surface area contributed by atoms with Crippen LogP contribution in [0.15, 0.2) is 11.6 Å². The fourth-order valence-corrected chi connectivity index (χ4v) is 2.44. The molecule has 0 aromatic carbocycles. The van der Waals surface area contributed by atoms with Gasteiger partial charge in [0.1, 0.15) is 5.69 Å². The first-order valence-electron chi connectivity index (χ1n) is 6.51. The van der Waals surface area contributed by atoms with Crippen molar-refractivity contribution < 1.29 is 14.3 Å². The molecule has 8 heteroatoms. The predicted molar refractivity (Wildman–Crippen MR) is 78.6 cm³/mol. The van der Waals surface area contributed by atoms with Gasteiger partial charge in [0.15, 0.2) is 0 Å². The number of nitrogens with zero attached hydrogens (tertiary/aromatic N) is 3. The highest BCUT2D eigenvalue weighted by atomic mass is 32.1. The van der Waals surface area contributed by atoms with Gasteiger partial charge >= 0.3 is 5.97 Å². The molecule has 7 nitrogen and oxygen atoms in total. The van der Waals surface area contributed by atoms with Crippen molar-refractivity contribution in [2.45, 2.75) is 20.3 Å². The summed E-state index contributed by atoms with van der Waals surface area (Å²) in [6.07, 6.45) is 2.44. The summed E-state index contributed by atoms with van der Waals surface area (Å²) in [6.45, 7) is 3.95. The Bertz CT molecular complexity index is 662. The number of anilines is 1. The van der Waals surface area contributed by atoms with Crippen LogP contribution >= 0.6 is 11.3 Å². The summed E-state index contributed by atoms with van der Waals surface area (Å²) in [7, 11) is 1.79. The Labute approximate surface area is 125 Å². The van der Waals surface area contributed by atoms with Crippen molar-refractivity contribution in [2.24, 2.45) is 7.05 Å². The van der Waals surface area contributed by atoms with E-state index in [0.717, 1.165) is 17.0 Å². The Hall–Kier alpha value is -2.22. The van der Waals surface area contributed by atoms with E-state index in [1.807, 2.05) is 6.92 Å². The molecule has 2 heterocycles. The molecule has 0 aliphatic rings. The molecule has 0 aliphatic heterocycles. The van der Waals surface area contributed by atoms with E-state index in [9.17, 15) is 9.59 Å². The monoisotopic (exact) mass is 308 g/mol. The number of hydrogen-bond acceptors (Lipinski definition) is 6. The molecule has 0 saturated carbocycles. The molecule has 0 atom stereocenters. The number of aryl methyl sites for hydroxylation is 2. The second kappa shape index (κ2) is 6.49. The minimum atomic E-state index is -0.517. The minimum absolute atomic E-state index is 0.170. The van der Waals surface area contributed by atoms with Crippen LogP contribution in [0, 0.1) is 0 Å². The first-order valence-corrected chi connectivity index (χ1v) is 7.39. The SMILES string of the molecule is CCOC(=O)c1nc(C(=O)Nc2cn(C)nc2CC)cs1. The van der Waals surface area contributed by atoms with E-state index in [2.05, 4.69) is 15.4 Å². The number of rotatable bonds is 5. The molecule has 0 radical (unpaired) electrons. The third-order valence-corrected chi connectivity index (χ3v) is 3.50. The van der Waals surface area contributed by atoms with Crippen molar-refractivity contribution in [1.29, 1.82) is 0 Å². The summed E-state index contributed by atoms with van der Waals surface area (Å²) in [4.78, 5) is 27.6. The van der Waals surface area contributed by atoms with Gasteiger partial charge in [-0.3, -0.25) is 9.48 Å². The molecule has 0 bridgehead atoms. The molecule has 0 saturated heterocycles. The molecule has 1 N–H and O–H groups in total. The number of amides is 1. The van der Waals surface area contributed by atoms with E-state index in [0.29, 0.717) is 12.1 Å². The summed E-state index contributed by atoms with van der Waals surface area (Å²) in [5, 5.41) is 8.70. The molecule has 2 aromatic heterocycles. The van der Waals surface area contributed by atoms with Crippen molar-refractivity contribution in [3.05, 3.63) is 28.0 Å². The first-order chi connectivity index (χ1) is 10.0. The van der Waals surface area contributed by atoms with Gasteiger partial charge in [-0.05, 0) is 13.3 Å². The molecular formula is C13H16N4O3S. The Morgan fingerprint density at radius 1 is 1.43 bits per heavy atom.